The van der Waals surface area contributed by atoms with Crippen molar-refractivity contribution in [2.45, 2.75) is 5.41 Å². The van der Waals surface area contributed by atoms with Crippen molar-refractivity contribution < 1.29 is 9.15 Å². The maximum Gasteiger partial charge on any atom is 0.136 e. The molecular weight excluding hydrogens is 717 g/mol. The first-order valence-electron chi connectivity index (χ1n) is 20.4. The van der Waals surface area contributed by atoms with E-state index in [4.69, 9.17) is 9.15 Å². The minimum atomic E-state index is -0.393. The third kappa shape index (κ3) is 3.96. The Labute approximate surface area is 340 Å². The Kier molecular flexibility index (Phi) is 5.99. The van der Waals surface area contributed by atoms with Crippen molar-refractivity contribution in [3.63, 3.8) is 0 Å². The van der Waals surface area contributed by atoms with Crippen LogP contribution < -0.4 is 4.74 Å². The highest BCUT2D eigenvalue weighted by molar-refractivity contribution is 6.17. The highest BCUT2D eigenvalue weighted by Gasteiger charge is 2.52. The van der Waals surface area contributed by atoms with Crippen LogP contribution in [0.4, 0.5) is 0 Å². The third-order valence-electron chi connectivity index (χ3n) is 13.5. The molecule has 0 N–H and O–H groups in total. The molecule has 1 aliphatic heterocycles. The van der Waals surface area contributed by atoms with Gasteiger partial charge in [-0.25, -0.2) is 0 Å². The first-order valence-corrected chi connectivity index (χ1v) is 20.4. The average molecular weight is 749 g/mol. The van der Waals surface area contributed by atoms with E-state index in [1.54, 1.807) is 0 Å². The van der Waals surface area contributed by atoms with E-state index in [1.807, 2.05) is 0 Å². The van der Waals surface area contributed by atoms with E-state index in [2.05, 4.69) is 194 Å². The molecular formula is C57H32O2. The van der Waals surface area contributed by atoms with Crippen LogP contribution in [0.15, 0.2) is 199 Å². The first kappa shape index (κ1) is 31.4. The maximum absolute atomic E-state index is 6.81. The lowest BCUT2D eigenvalue weighted by Gasteiger charge is -2.30. The number of fused-ring (bicyclic) bond motifs is 16. The Balaban J connectivity index is 0.976. The molecule has 0 atom stereocenters. The molecule has 59 heavy (non-hydrogen) atoms. The van der Waals surface area contributed by atoms with E-state index < -0.39 is 5.41 Å². The molecule has 272 valence electrons. The standard InChI is InChI=1S/C57H32O2/c1-2-13-34-32-53-45(30-33(34)12-1)55-36(17-11-25-51(55)59-53)35-26-28-50-44(31-35)42-19-9-18-41-37(27-29-52(58-50)56(41)42)40-20-10-24-49-54(40)43-16-5-8-23-48(43)57(49)46-21-6-3-14-38(46)39-15-4-7-22-47(39)57/h1-32H. The van der Waals surface area contributed by atoms with Crippen molar-refractivity contribution in [2.24, 2.45) is 0 Å². The fourth-order valence-corrected chi connectivity index (χ4v) is 11.2. The normalized spacial score (nSPS) is 13.7. The highest BCUT2D eigenvalue weighted by atomic mass is 16.5. The fraction of sp³-hybridized carbons (Fsp3) is 0.0175. The predicted molar refractivity (Wildman–Crippen MR) is 241 cm³/mol. The van der Waals surface area contributed by atoms with Gasteiger partial charge in [-0.3, -0.25) is 0 Å². The summed E-state index contributed by atoms with van der Waals surface area (Å²) in [5.41, 5.74) is 19.0. The van der Waals surface area contributed by atoms with Gasteiger partial charge in [0.2, 0.25) is 0 Å². The van der Waals surface area contributed by atoms with Crippen molar-refractivity contribution in [1.82, 2.24) is 0 Å². The zero-order valence-electron chi connectivity index (χ0n) is 31.8. The Bertz CT molecular complexity index is 3610. The van der Waals surface area contributed by atoms with Gasteiger partial charge < -0.3 is 9.15 Å². The fourth-order valence-electron chi connectivity index (χ4n) is 11.2. The lowest BCUT2D eigenvalue weighted by molar-refractivity contribution is 0.487. The van der Waals surface area contributed by atoms with Gasteiger partial charge in [0.05, 0.1) is 5.41 Å². The second kappa shape index (κ2) is 11.2. The van der Waals surface area contributed by atoms with Gasteiger partial charge >= 0.3 is 0 Å². The molecule has 2 nitrogen and oxygen atoms in total. The largest absolute Gasteiger partial charge is 0.456 e. The zero-order valence-corrected chi connectivity index (χ0v) is 31.8. The van der Waals surface area contributed by atoms with Gasteiger partial charge in [0, 0.05) is 21.7 Å². The van der Waals surface area contributed by atoms with Gasteiger partial charge in [0.1, 0.15) is 22.7 Å². The SMILES string of the molecule is c1ccc2c(c1)-c1ccccc1C21c2ccccc2-c2c(-c3ccc4c5c(cccc35)-c3cc(-c5cccc6oc7cc8ccccc8cc7c56)ccc3O4)cccc21. The Hall–Kier alpha value is -7.68. The summed E-state index contributed by atoms with van der Waals surface area (Å²) >= 11 is 0. The lowest BCUT2D eigenvalue weighted by atomic mass is 9.70. The summed E-state index contributed by atoms with van der Waals surface area (Å²) in [4.78, 5) is 0. The molecule has 0 saturated heterocycles. The summed E-state index contributed by atoms with van der Waals surface area (Å²) in [5.74, 6) is 1.75. The molecule has 0 fully saturated rings. The van der Waals surface area contributed by atoms with Crippen LogP contribution in [0.1, 0.15) is 22.3 Å². The number of benzene rings is 10. The molecule has 0 amide bonds. The van der Waals surface area contributed by atoms with Crippen LogP contribution in [0.25, 0.3) is 99.1 Å². The quantitative estimate of drug-likeness (QED) is 0.176. The number of rotatable bonds is 2. The smallest absolute Gasteiger partial charge is 0.136 e. The summed E-state index contributed by atoms with van der Waals surface area (Å²) in [6.45, 7) is 0. The zero-order chi connectivity index (χ0) is 38.4. The van der Waals surface area contributed by atoms with Crippen LogP contribution in [0.3, 0.4) is 0 Å². The van der Waals surface area contributed by atoms with Gasteiger partial charge in [-0.1, -0.05) is 158 Å². The van der Waals surface area contributed by atoms with Crippen molar-refractivity contribution in [2.75, 3.05) is 0 Å². The molecule has 0 saturated carbocycles. The Morgan fingerprint density at radius 2 is 0.932 bits per heavy atom. The number of hydrogen-bond donors (Lipinski definition) is 0. The minimum absolute atomic E-state index is 0.393. The van der Waals surface area contributed by atoms with Gasteiger partial charge in [-0.05, 0) is 125 Å². The summed E-state index contributed by atoms with van der Waals surface area (Å²) in [7, 11) is 0. The van der Waals surface area contributed by atoms with E-state index in [9.17, 15) is 0 Å². The molecule has 14 rings (SSSR count). The number of hydrogen-bond acceptors (Lipinski definition) is 2. The van der Waals surface area contributed by atoms with Crippen molar-refractivity contribution >= 4 is 43.5 Å². The van der Waals surface area contributed by atoms with E-state index in [0.717, 1.165) is 55.5 Å². The third-order valence-corrected chi connectivity index (χ3v) is 13.5. The molecule has 10 aromatic carbocycles. The van der Waals surface area contributed by atoms with Crippen LogP contribution in [0.2, 0.25) is 0 Å². The monoisotopic (exact) mass is 748 g/mol. The van der Waals surface area contributed by atoms with Gasteiger partial charge in [-0.2, -0.15) is 0 Å². The predicted octanol–water partition coefficient (Wildman–Crippen LogP) is 15.3. The maximum atomic E-state index is 6.81. The van der Waals surface area contributed by atoms with Gasteiger partial charge in [0.25, 0.3) is 0 Å². The number of furan rings is 1. The van der Waals surface area contributed by atoms with E-state index in [1.165, 1.54) is 77.4 Å². The lowest BCUT2D eigenvalue weighted by Crippen LogP contribution is -2.25. The molecule has 0 unspecified atom stereocenters. The van der Waals surface area contributed by atoms with E-state index in [0.29, 0.717) is 0 Å². The van der Waals surface area contributed by atoms with Crippen LogP contribution in [-0.4, -0.2) is 0 Å². The van der Waals surface area contributed by atoms with Crippen molar-refractivity contribution in [3.05, 3.63) is 216 Å². The summed E-state index contributed by atoms with van der Waals surface area (Å²) in [6.07, 6.45) is 0. The molecule has 3 aliphatic rings. The molecule has 0 bridgehead atoms. The molecule has 0 radical (unpaired) electrons. The summed E-state index contributed by atoms with van der Waals surface area (Å²) in [5, 5.41) is 6.97. The summed E-state index contributed by atoms with van der Waals surface area (Å²) in [6, 6.07) is 71.2. The van der Waals surface area contributed by atoms with Crippen LogP contribution >= 0.6 is 0 Å². The van der Waals surface area contributed by atoms with Gasteiger partial charge in [0.15, 0.2) is 0 Å². The van der Waals surface area contributed by atoms with Crippen LogP contribution in [-0.2, 0) is 5.41 Å². The van der Waals surface area contributed by atoms with Crippen LogP contribution in [0.5, 0.6) is 11.5 Å². The topological polar surface area (TPSA) is 22.4 Å². The molecule has 2 aliphatic carbocycles. The number of ether oxygens (including phenoxy) is 1. The van der Waals surface area contributed by atoms with E-state index >= 15 is 0 Å². The molecule has 1 spiro atoms. The van der Waals surface area contributed by atoms with Gasteiger partial charge in [-0.15, -0.1) is 0 Å². The Morgan fingerprint density at radius 3 is 1.75 bits per heavy atom. The molecule has 1 aromatic heterocycles. The molecule has 2 heterocycles. The minimum Gasteiger partial charge on any atom is -0.456 e. The van der Waals surface area contributed by atoms with Crippen LogP contribution in [0, 0.1) is 0 Å². The van der Waals surface area contributed by atoms with Crippen molar-refractivity contribution in [3.8, 4) is 67.1 Å². The molecule has 11 aromatic rings. The first-order chi connectivity index (χ1) is 29.3. The van der Waals surface area contributed by atoms with Crippen molar-refractivity contribution in [1.29, 1.82) is 0 Å². The van der Waals surface area contributed by atoms with E-state index in [-0.39, 0.29) is 0 Å². The average Bonchev–Trinajstić information content (AvgIpc) is 3.92. The second-order valence-corrected chi connectivity index (χ2v) is 16.2. The summed E-state index contributed by atoms with van der Waals surface area (Å²) < 4.78 is 13.3. The highest BCUT2D eigenvalue weighted by Crippen LogP contribution is 2.64. The Morgan fingerprint density at radius 1 is 0.322 bits per heavy atom. The molecule has 2 heteroatoms. The second-order valence-electron chi connectivity index (χ2n) is 16.2.